The van der Waals surface area contributed by atoms with Gasteiger partial charge in [0, 0.05) is 39.5 Å². The Hall–Kier alpha value is -2.62. The molecule has 0 saturated carbocycles. The number of imidazole rings is 1. The minimum Gasteiger partial charge on any atom is -0.348 e. The molecule has 3 rings (SSSR count). The van der Waals surface area contributed by atoms with Crippen LogP contribution in [0.2, 0.25) is 0 Å². The Balaban J connectivity index is 2.24. The zero-order valence-electron chi connectivity index (χ0n) is 22.4. The quantitative estimate of drug-likeness (QED) is 0.743. The first kappa shape index (κ1) is 7.30. The van der Waals surface area contributed by atoms with Crippen molar-refractivity contribution in [2.75, 3.05) is 14.0 Å². The first-order valence-electron chi connectivity index (χ1n) is 11.9. The fourth-order valence-electron chi connectivity index (χ4n) is 2.26. The second-order valence-electron chi connectivity index (χ2n) is 5.11. The average molecular weight is 317 g/mol. The molecule has 3 aromatic rings. The van der Waals surface area contributed by atoms with E-state index in [1.807, 2.05) is 0 Å². The van der Waals surface area contributed by atoms with Crippen LogP contribution in [0.15, 0.2) is 42.6 Å². The number of amides is 1. The van der Waals surface area contributed by atoms with E-state index in [9.17, 15) is 4.79 Å². The molecule has 0 spiro atoms. The molecule has 4 nitrogen and oxygen atoms in total. The van der Waals surface area contributed by atoms with Crippen LogP contribution in [0, 0.1) is 13.7 Å². The summed E-state index contributed by atoms with van der Waals surface area (Å²) in [4.78, 5) is 17.7. The van der Waals surface area contributed by atoms with Crippen LogP contribution in [-0.2, 0) is 11.2 Å². The van der Waals surface area contributed by atoms with Crippen molar-refractivity contribution in [3.05, 3.63) is 59.4 Å². The smallest absolute Gasteiger partial charge is 0.228 e. The Bertz CT molecular complexity index is 1180. The van der Waals surface area contributed by atoms with Gasteiger partial charge in [-0.15, -0.1) is 0 Å². The molecule has 118 valence electrons. The predicted molar refractivity (Wildman–Crippen MR) is 92.5 cm³/mol. The molecule has 1 amide bonds. The summed E-state index contributed by atoms with van der Waals surface area (Å²) in [5.74, 6) is -1.03. The van der Waals surface area contributed by atoms with Gasteiger partial charge in [-0.3, -0.25) is 4.79 Å². The van der Waals surface area contributed by atoms with Gasteiger partial charge in [-0.25, -0.2) is 4.98 Å². The third-order valence-corrected chi connectivity index (χ3v) is 3.40. The van der Waals surface area contributed by atoms with Crippen LogP contribution in [0.1, 0.15) is 30.5 Å². The number of fused-ring (bicyclic) bond motifs is 1. The normalized spacial score (nSPS) is 20.4. The molecular weight excluding hydrogens is 286 g/mol. The van der Waals surface area contributed by atoms with Gasteiger partial charge in [0.25, 0.3) is 0 Å². The maximum Gasteiger partial charge on any atom is 0.228 e. The molecule has 0 saturated heterocycles. The number of aromatic nitrogens is 2. The summed E-state index contributed by atoms with van der Waals surface area (Å²) in [5, 5.41) is 0. The number of aryl methyl sites for hydroxylation is 2. The van der Waals surface area contributed by atoms with Crippen molar-refractivity contribution in [2.45, 2.75) is 20.1 Å². The molecule has 1 aromatic carbocycles. The number of nitrogens with zero attached hydrogens (tertiary/aromatic N) is 3. The molecule has 0 radical (unpaired) electrons. The number of benzene rings is 1. The molecule has 4 heteroatoms. The highest BCUT2D eigenvalue weighted by atomic mass is 16.2. The fraction of sp³-hybridized carbons (Fsp3) is 0.263. The fourth-order valence-corrected chi connectivity index (χ4v) is 2.26. The van der Waals surface area contributed by atoms with E-state index >= 15 is 0 Å². The molecule has 2 heterocycles. The van der Waals surface area contributed by atoms with E-state index in [4.69, 9.17) is 13.7 Å². The standard InChI is InChI=1S/C19H21N3O/c1-13-5-8-15(9-6-13)19-16(11-18(23)21(3)4)22-12-14(2)7-10-17(22)20-19/h5-10,12H,11H2,1-4H3/i1D3,2D3,3D3,11D. The van der Waals surface area contributed by atoms with Gasteiger partial charge in [-0.05, 0) is 25.3 Å². The molecule has 2 aromatic heterocycles. The van der Waals surface area contributed by atoms with Crippen molar-refractivity contribution in [3.63, 3.8) is 0 Å². The highest BCUT2D eigenvalue weighted by molar-refractivity contribution is 5.81. The molecule has 0 bridgehead atoms. The molecule has 23 heavy (non-hydrogen) atoms. The van der Waals surface area contributed by atoms with E-state index in [0.717, 1.165) is 7.05 Å². The van der Waals surface area contributed by atoms with Gasteiger partial charge >= 0.3 is 0 Å². The maximum absolute atomic E-state index is 12.8. The summed E-state index contributed by atoms with van der Waals surface area (Å²) in [6.07, 6.45) is -0.496. The van der Waals surface area contributed by atoms with E-state index in [0.29, 0.717) is 10.5 Å². The van der Waals surface area contributed by atoms with Gasteiger partial charge in [0.05, 0.1) is 17.8 Å². The van der Waals surface area contributed by atoms with Crippen LogP contribution in [0.25, 0.3) is 16.9 Å². The number of likely N-dealkylation sites (N-methyl/N-ethyl adjacent to an activating group) is 1. The SMILES string of the molecule is [2H]C(C(=O)N(C)C([2H])([2H])[2H])c1c(-c2ccc(C([2H])([2H])[2H])cc2)nc2ccc(C([2H])([2H])[2H])cn12. The summed E-state index contributed by atoms with van der Waals surface area (Å²) in [5.41, 5.74) is 0.776. The molecule has 0 aliphatic rings. The molecule has 1 atom stereocenters. The largest absolute Gasteiger partial charge is 0.348 e. The number of hydrogen-bond acceptors (Lipinski definition) is 2. The number of carbonyl (C=O) groups is 1. The van der Waals surface area contributed by atoms with E-state index in [2.05, 4.69) is 4.98 Å². The Morgan fingerprint density at radius 2 is 1.96 bits per heavy atom. The Labute approximate surface area is 150 Å². The van der Waals surface area contributed by atoms with Gasteiger partial charge in [-0.1, -0.05) is 35.9 Å². The molecule has 0 fully saturated rings. The minimum atomic E-state index is -2.78. The van der Waals surface area contributed by atoms with Crippen molar-refractivity contribution >= 4 is 11.6 Å². The van der Waals surface area contributed by atoms with Crippen LogP contribution < -0.4 is 0 Å². The van der Waals surface area contributed by atoms with Crippen molar-refractivity contribution in [1.29, 1.82) is 0 Å². The van der Waals surface area contributed by atoms with E-state index in [1.165, 1.54) is 47.0 Å². The highest BCUT2D eigenvalue weighted by Gasteiger charge is 2.18. The third-order valence-electron chi connectivity index (χ3n) is 3.40. The molecule has 0 aliphatic carbocycles. The maximum atomic E-state index is 12.8. The monoisotopic (exact) mass is 317 g/mol. The topological polar surface area (TPSA) is 37.6 Å². The van der Waals surface area contributed by atoms with Gasteiger partial charge in [0.2, 0.25) is 5.91 Å². The van der Waals surface area contributed by atoms with Gasteiger partial charge in [0.1, 0.15) is 5.65 Å². The lowest BCUT2D eigenvalue weighted by molar-refractivity contribution is -0.128. The zero-order chi connectivity index (χ0) is 24.9. The highest BCUT2D eigenvalue weighted by Crippen LogP contribution is 2.26. The second kappa shape index (κ2) is 5.88. The summed E-state index contributed by atoms with van der Waals surface area (Å²) in [6.45, 7) is -7.57. The number of carbonyl (C=O) groups excluding carboxylic acids is 1. The van der Waals surface area contributed by atoms with Gasteiger partial charge in [-0.2, -0.15) is 0 Å². The van der Waals surface area contributed by atoms with E-state index in [-0.39, 0.29) is 28.2 Å². The van der Waals surface area contributed by atoms with Gasteiger partial charge in [0.15, 0.2) is 0 Å². The minimum absolute atomic E-state index is 0.0289. The summed E-state index contributed by atoms with van der Waals surface area (Å²) >= 11 is 0. The third kappa shape index (κ3) is 2.97. The van der Waals surface area contributed by atoms with E-state index < -0.39 is 33.0 Å². The van der Waals surface area contributed by atoms with Gasteiger partial charge < -0.3 is 9.30 Å². The predicted octanol–water partition coefficient (Wildman–Crippen LogP) is 3.25. The number of rotatable bonds is 3. The average Bonchev–Trinajstić information content (AvgIpc) is 3.09. The molecule has 0 N–H and O–H groups in total. The first-order valence-corrected chi connectivity index (χ1v) is 6.85. The summed E-state index contributed by atoms with van der Waals surface area (Å²) < 4.78 is 77.8. The Kier molecular flexibility index (Phi) is 1.87. The summed E-state index contributed by atoms with van der Waals surface area (Å²) in [6, 6.07) is 8.48. The number of pyridine rings is 1. The van der Waals surface area contributed by atoms with Crippen molar-refractivity contribution in [3.8, 4) is 11.3 Å². The number of hydrogen-bond donors (Lipinski definition) is 0. The van der Waals surface area contributed by atoms with Crippen molar-refractivity contribution in [2.24, 2.45) is 0 Å². The van der Waals surface area contributed by atoms with E-state index in [1.54, 1.807) is 0 Å². The van der Waals surface area contributed by atoms with Crippen LogP contribution in [0.5, 0.6) is 0 Å². The lowest BCUT2D eigenvalue weighted by atomic mass is 10.1. The molecular formula is C19H21N3O. The van der Waals surface area contributed by atoms with Crippen LogP contribution in [0.3, 0.4) is 0 Å². The second-order valence-corrected chi connectivity index (χ2v) is 5.11. The zero-order valence-corrected chi connectivity index (χ0v) is 12.4. The van der Waals surface area contributed by atoms with Crippen molar-refractivity contribution in [1.82, 2.24) is 14.3 Å². The van der Waals surface area contributed by atoms with Crippen LogP contribution in [-0.4, -0.2) is 34.2 Å². The lowest BCUT2D eigenvalue weighted by Gasteiger charge is -2.11. The lowest BCUT2D eigenvalue weighted by Crippen LogP contribution is -2.24. The Morgan fingerprint density at radius 3 is 2.65 bits per heavy atom. The molecule has 1 unspecified atom stereocenters. The first-order chi connectivity index (χ1) is 15.0. The van der Waals surface area contributed by atoms with Crippen LogP contribution in [0.4, 0.5) is 0 Å². The van der Waals surface area contributed by atoms with Crippen molar-refractivity contribution < 1.29 is 18.5 Å². The molecule has 0 aliphatic heterocycles. The Morgan fingerprint density at radius 1 is 1.22 bits per heavy atom. The summed E-state index contributed by atoms with van der Waals surface area (Å²) in [7, 11) is 1.05. The van der Waals surface area contributed by atoms with Crippen LogP contribution >= 0.6 is 0 Å².